The molecule has 30 heavy (non-hydrogen) atoms. The number of rotatable bonds is 7. The first-order valence-electron chi connectivity index (χ1n) is 10.2. The highest BCUT2D eigenvalue weighted by molar-refractivity contribution is 5.87. The van der Waals surface area contributed by atoms with E-state index in [0.29, 0.717) is 32.6 Å². The van der Waals surface area contributed by atoms with Gasteiger partial charge in [0.05, 0.1) is 26.2 Å². The molecule has 160 valence electrons. The number of carbonyl (C=O) groups excluding carboxylic acids is 2. The molecular weight excluding hydrogens is 380 g/mol. The summed E-state index contributed by atoms with van der Waals surface area (Å²) < 4.78 is 11.2. The number of benzene rings is 2. The minimum absolute atomic E-state index is 0.0209. The van der Waals surface area contributed by atoms with Crippen molar-refractivity contribution in [3.8, 4) is 11.1 Å². The molecule has 2 amide bonds. The quantitative estimate of drug-likeness (QED) is 0.704. The van der Waals surface area contributed by atoms with Crippen molar-refractivity contribution in [2.75, 3.05) is 47.5 Å². The van der Waals surface area contributed by atoms with E-state index in [-0.39, 0.29) is 18.4 Å². The smallest absolute Gasteiger partial charge is 0.256 e. The van der Waals surface area contributed by atoms with Crippen molar-refractivity contribution < 1.29 is 19.1 Å². The van der Waals surface area contributed by atoms with E-state index in [2.05, 4.69) is 18.2 Å². The zero-order valence-electron chi connectivity index (χ0n) is 18.0. The topological polar surface area (TPSA) is 59.1 Å². The highest BCUT2D eigenvalue weighted by atomic mass is 16.5. The Morgan fingerprint density at radius 3 is 2.50 bits per heavy atom. The third-order valence-electron chi connectivity index (χ3n) is 5.43. The molecule has 0 spiro atoms. The maximum Gasteiger partial charge on any atom is 0.256 e. The average Bonchev–Trinajstić information content (AvgIpc) is 2.78. The van der Waals surface area contributed by atoms with E-state index in [9.17, 15) is 9.59 Å². The first-order chi connectivity index (χ1) is 14.5. The van der Waals surface area contributed by atoms with Gasteiger partial charge in [-0.15, -0.1) is 0 Å². The van der Waals surface area contributed by atoms with Crippen molar-refractivity contribution in [1.82, 2.24) is 9.80 Å². The third kappa shape index (κ3) is 4.89. The Morgan fingerprint density at radius 2 is 1.80 bits per heavy atom. The summed E-state index contributed by atoms with van der Waals surface area (Å²) in [7, 11) is 5.03. The van der Waals surface area contributed by atoms with E-state index in [1.54, 1.807) is 31.0 Å². The number of amides is 2. The Morgan fingerprint density at radius 1 is 1.10 bits per heavy atom. The van der Waals surface area contributed by atoms with Crippen LogP contribution in [0.3, 0.4) is 0 Å². The van der Waals surface area contributed by atoms with Crippen LogP contribution in [-0.2, 0) is 25.5 Å². The van der Waals surface area contributed by atoms with E-state index in [1.807, 2.05) is 36.4 Å². The van der Waals surface area contributed by atoms with Gasteiger partial charge in [-0.25, -0.2) is 0 Å². The molecular formula is C24H30N2O4. The van der Waals surface area contributed by atoms with Crippen LogP contribution in [0.1, 0.15) is 12.0 Å². The van der Waals surface area contributed by atoms with Gasteiger partial charge in [-0.3, -0.25) is 9.59 Å². The van der Waals surface area contributed by atoms with Gasteiger partial charge in [-0.05, 0) is 16.7 Å². The molecule has 0 N–H and O–H groups in total. The van der Waals surface area contributed by atoms with Gasteiger partial charge >= 0.3 is 0 Å². The van der Waals surface area contributed by atoms with Gasteiger partial charge < -0.3 is 19.3 Å². The maximum absolute atomic E-state index is 13.3. The van der Waals surface area contributed by atoms with Crippen LogP contribution in [0.2, 0.25) is 0 Å². The number of morpholine rings is 1. The molecule has 1 heterocycles. The lowest BCUT2D eigenvalue weighted by atomic mass is 9.87. The normalized spacial score (nSPS) is 18.8. The molecule has 6 nitrogen and oxygen atoms in total. The second kappa shape index (κ2) is 9.87. The fourth-order valence-corrected chi connectivity index (χ4v) is 3.95. The van der Waals surface area contributed by atoms with Crippen LogP contribution in [0.15, 0.2) is 54.6 Å². The molecule has 1 aliphatic heterocycles. The summed E-state index contributed by atoms with van der Waals surface area (Å²) in [6, 6.07) is 18.2. The van der Waals surface area contributed by atoms with E-state index in [0.717, 1.165) is 16.7 Å². The van der Waals surface area contributed by atoms with Crippen molar-refractivity contribution in [1.29, 1.82) is 0 Å². The lowest BCUT2D eigenvalue weighted by molar-refractivity contribution is -0.172. The molecule has 1 fully saturated rings. The number of ether oxygens (including phenoxy) is 2. The lowest BCUT2D eigenvalue weighted by Crippen LogP contribution is -2.61. The minimum atomic E-state index is -1.12. The fourth-order valence-electron chi connectivity index (χ4n) is 3.95. The summed E-state index contributed by atoms with van der Waals surface area (Å²) in [6.07, 6.45) is 0.687. The molecule has 0 unspecified atom stereocenters. The van der Waals surface area contributed by atoms with Gasteiger partial charge in [-0.2, -0.15) is 0 Å². The zero-order valence-corrected chi connectivity index (χ0v) is 18.0. The summed E-state index contributed by atoms with van der Waals surface area (Å²) >= 11 is 0. The number of likely N-dealkylation sites (N-methyl/N-ethyl adjacent to an activating group) is 1. The van der Waals surface area contributed by atoms with Gasteiger partial charge in [0.25, 0.3) is 5.91 Å². The van der Waals surface area contributed by atoms with Crippen molar-refractivity contribution in [3.63, 3.8) is 0 Å². The van der Waals surface area contributed by atoms with Gasteiger partial charge in [0.15, 0.2) is 5.60 Å². The number of hydrogen-bond donors (Lipinski definition) is 0. The fraction of sp³-hybridized carbons (Fsp3) is 0.417. The predicted molar refractivity (Wildman–Crippen MR) is 116 cm³/mol. The zero-order chi connectivity index (χ0) is 21.6. The minimum Gasteiger partial charge on any atom is -0.384 e. The molecule has 0 aliphatic carbocycles. The number of hydrogen-bond acceptors (Lipinski definition) is 4. The highest BCUT2D eigenvalue weighted by Crippen LogP contribution is 2.31. The lowest BCUT2D eigenvalue weighted by Gasteiger charge is -2.43. The Hall–Kier alpha value is -2.70. The largest absolute Gasteiger partial charge is 0.384 e. The molecule has 2 aromatic rings. The number of nitrogens with zero attached hydrogens (tertiary/aromatic N) is 2. The first-order valence-corrected chi connectivity index (χ1v) is 10.2. The molecule has 6 heteroatoms. The summed E-state index contributed by atoms with van der Waals surface area (Å²) in [5.41, 5.74) is 2.06. The van der Waals surface area contributed by atoms with Crippen molar-refractivity contribution in [2.45, 2.75) is 18.4 Å². The monoisotopic (exact) mass is 410 g/mol. The van der Waals surface area contributed by atoms with Crippen molar-refractivity contribution in [3.05, 3.63) is 60.2 Å². The molecule has 3 rings (SSSR count). The molecule has 0 bridgehead atoms. The molecule has 1 aliphatic rings. The summed E-state index contributed by atoms with van der Waals surface area (Å²) in [5.74, 6) is -0.151. The molecule has 0 aromatic heterocycles. The molecule has 1 saturated heterocycles. The van der Waals surface area contributed by atoms with Crippen LogP contribution in [-0.4, -0.2) is 74.7 Å². The van der Waals surface area contributed by atoms with E-state index in [4.69, 9.17) is 9.47 Å². The third-order valence-corrected chi connectivity index (χ3v) is 5.43. The van der Waals surface area contributed by atoms with Crippen LogP contribution in [0.25, 0.3) is 11.1 Å². The van der Waals surface area contributed by atoms with Crippen molar-refractivity contribution in [2.24, 2.45) is 0 Å². The van der Waals surface area contributed by atoms with Crippen molar-refractivity contribution >= 4 is 11.8 Å². The average molecular weight is 411 g/mol. The molecule has 2 aromatic carbocycles. The van der Waals surface area contributed by atoms with Gasteiger partial charge in [-0.1, -0.05) is 54.6 Å². The van der Waals surface area contributed by atoms with E-state index >= 15 is 0 Å². The summed E-state index contributed by atoms with van der Waals surface area (Å²) in [6.45, 7) is 1.40. The Balaban J connectivity index is 1.94. The van der Waals surface area contributed by atoms with Crippen LogP contribution >= 0.6 is 0 Å². The summed E-state index contributed by atoms with van der Waals surface area (Å²) in [4.78, 5) is 29.2. The van der Waals surface area contributed by atoms with Gasteiger partial charge in [0.1, 0.15) is 0 Å². The second-order valence-corrected chi connectivity index (χ2v) is 7.80. The van der Waals surface area contributed by atoms with Gasteiger partial charge in [0.2, 0.25) is 5.91 Å². The highest BCUT2D eigenvalue weighted by Gasteiger charge is 2.46. The Bertz CT molecular complexity index is 869. The predicted octanol–water partition coefficient (Wildman–Crippen LogP) is 2.62. The second-order valence-electron chi connectivity index (χ2n) is 7.80. The van der Waals surface area contributed by atoms with Crippen LogP contribution in [0.4, 0.5) is 0 Å². The molecule has 0 radical (unpaired) electrons. The number of methoxy groups -OCH3 is 1. The maximum atomic E-state index is 13.3. The Kier molecular flexibility index (Phi) is 7.24. The molecule has 0 saturated carbocycles. The van der Waals surface area contributed by atoms with Gasteiger partial charge in [0, 0.05) is 34.2 Å². The summed E-state index contributed by atoms with van der Waals surface area (Å²) in [5, 5.41) is 0. The SMILES string of the molecule is COCCC(=O)N1CCO[C@@](Cc2ccccc2-c2ccccc2)(C(=O)N(C)C)C1. The van der Waals surface area contributed by atoms with Crippen LogP contribution in [0.5, 0.6) is 0 Å². The Labute approximate surface area is 178 Å². The van der Waals surface area contributed by atoms with E-state index < -0.39 is 5.60 Å². The molecule has 1 atom stereocenters. The number of carbonyl (C=O) groups is 2. The first kappa shape index (κ1) is 22.0. The van der Waals surface area contributed by atoms with E-state index in [1.165, 1.54) is 0 Å². The van der Waals surface area contributed by atoms with Crippen LogP contribution in [0, 0.1) is 0 Å². The standard InChI is InChI=1S/C24H30N2O4/c1-25(2)23(28)24(18-26(14-16-30-24)22(27)13-15-29-3)17-20-11-7-8-12-21(20)19-9-5-4-6-10-19/h4-12H,13-18H2,1-3H3/t24-/m1/s1. The van der Waals surface area contributed by atoms with Crippen LogP contribution < -0.4 is 0 Å².